The summed E-state index contributed by atoms with van der Waals surface area (Å²) in [4.78, 5) is 4.04. The predicted octanol–water partition coefficient (Wildman–Crippen LogP) is 4.37. The quantitative estimate of drug-likeness (QED) is 0.760. The van der Waals surface area contributed by atoms with E-state index in [1.165, 1.54) is 5.56 Å². The summed E-state index contributed by atoms with van der Waals surface area (Å²) in [5.74, 6) is 0.948. The van der Waals surface area contributed by atoms with Crippen LogP contribution in [0, 0.1) is 0 Å². The highest BCUT2D eigenvalue weighted by molar-refractivity contribution is 6.31. The zero-order valence-corrected chi connectivity index (χ0v) is 12.6. The van der Waals surface area contributed by atoms with Crippen molar-refractivity contribution in [3.8, 4) is 0 Å². The van der Waals surface area contributed by atoms with Crippen molar-refractivity contribution >= 4 is 22.6 Å². The largest absolute Gasteiger partial charge is 0.459 e. The molecule has 0 saturated heterocycles. The summed E-state index contributed by atoms with van der Waals surface area (Å²) in [6.07, 6.45) is 5.60. The fourth-order valence-corrected chi connectivity index (χ4v) is 2.68. The summed E-state index contributed by atoms with van der Waals surface area (Å²) < 4.78 is 5.93. The molecule has 1 atom stereocenters. The monoisotopic (exact) mass is 300 g/mol. The van der Waals surface area contributed by atoms with Crippen LogP contribution in [0.1, 0.15) is 23.8 Å². The van der Waals surface area contributed by atoms with Crippen LogP contribution in [0.4, 0.5) is 0 Å². The molecule has 3 rings (SSSR count). The number of furan rings is 1. The fourth-order valence-electron chi connectivity index (χ4n) is 2.50. The first-order valence-corrected chi connectivity index (χ1v) is 7.39. The van der Waals surface area contributed by atoms with E-state index in [1.54, 1.807) is 0 Å². The summed E-state index contributed by atoms with van der Waals surface area (Å²) >= 11 is 6.02. The lowest BCUT2D eigenvalue weighted by molar-refractivity contribution is 0.433. The van der Waals surface area contributed by atoms with E-state index in [-0.39, 0.29) is 6.04 Å². The maximum Gasteiger partial charge on any atom is 0.134 e. The lowest BCUT2D eigenvalue weighted by Crippen LogP contribution is -2.16. The molecule has 1 aromatic carbocycles. The number of nitrogens with one attached hydrogen (secondary N) is 1. The highest BCUT2D eigenvalue weighted by atomic mass is 35.5. The lowest BCUT2D eigenvalue weighted by Gasteiger charge is -2.13. The summed E-state index contributed by atoms with van der Waals surface area (Å²) in [5, 5.41) is 5.09. The van der Waals surface area contributed by atoms with Crippen molar-refractivity contribution in [2.24, 2.45) is 0 Å². The number of benzene rings is 1. The molecular weight excluding hydrogens is 284 g/mol. The highest BCUT2D eigenvalue weighted by Crippen LogP contribution is 2.28. The van der Waals surface area contributed by atoms with Crippen LogP contribution in [0.5, 0.6) is 0 Å². The minimum absolute atomic E-state index is 0.185. The van der Waals surface area contributed by atoms with Gasteiger partial charge in [-0.25, -0.2) is 0 Å². The Morgan fingerprint density at radius 1 is 1.19 bits per heavy atom. The van der Waals surface area contributed by atoms with Crippen molar-refractivity contribution in [1.29, 1.82) is 0 Å². The lowest BCUT2D eigenvalue weighted by atomic mass is 10.0. The van der Waals surface area contributed by atoms with Gasteiger partial charge >= 0.3 is 0 Å². The number of pyridine rings is 1. The van der Waals surface area contributed by atoms with Crippen molar-refractivity contribution < 1.29 is 4.42 Å². The Balaban J connectivity index is 1.78. The van der Waals surface area contributed by atoms with E-state index in [9.17, 15) is 0 Å². The highest BCUT2D eigenvalue weighted by Gasteiger charge is 2.14. The van der Waals surface area contributed by atoms with Crippen LogP contribution in [-0.2, 0) is 6.42 Å². The van der Waals surface area contributed by atoms with Gasteiger partial charge in [0.15, 0.2) is 0 Å². The van der Waals surface area contributed by atoms with Crippen molar-refractivity contribution in [3.05, 3.63) is 65.1 Å². The minimum atomic E-state index is 0.185. The third-order valence-corrected chi connectivity index (χ3v) is 3.90. The van der Waals surface area contributed by atoms with Gasteiger partial charge in [0.1, 0.15) is 11.3 Å². The number of nitrogens with zero attached hydrogens (tertiary/aromatic N) is 1. The molecule has 3 nitrogen and oxygen atoms in total. The average molecular weight is 301 g/mol. The van der Waals surface area contributed by atoms with Crippen LogP contribution in [0.25, 0.3) is 11.0 Å². The van der Waals surface area contributed by atoms with E-state index in [2.05, 4.69) is 16.4 Å². The zero-order valence-electron chi connectivity index (χ0n) is 11.8. The molecule has 21 heavy (non-hydrogen) atoms. The molecule has 0 amide bonds. The smallest absolute Gasteiger partial charge is 0.134 e. The Bertz CT molecular complexity index is 724. The Morgan fingerprint density at radius 3 is 2.76 bits per heavy atom. The summed E-state index contributed by atoms with van der Waals surface area (Å²) in [7, 11) is 1.96. The van der Waals surface area contributed by atoms with E-state index in [1.807, 2.05) is 49.8 Å². The molecule has 0 aliphatic heterocycles. The van der Waals surface area contributed by atoms with E-state index >= 15 is 0 Å². The molecule has 4 heteroatoms. The van der Waals surface area contributed by atoms with Crippen molar-refractivity contribution in [2.45, 2.75) is 18.9 Å². The second-order valence-corrected chi connectivity index (χ2v) is 5.50. The molecule has 1 N–H and O–H groups in total. The maximum atomic E-state index is 6.02. The van der Waals surface area contributed by atoms with E-state index < -0.39 is 0 Å². The molecule has 0 fully saturated rings. The van der Waals surface area contributed by atoms with Gasteiger partial charge in [-0.2, -0.15) is 0 Å². The summed E-state index contributed by atoms with van der Waals surface area (Å²) in [5.41, 5.74) is 2.16. The fraction of sp³-hybridized carbons (Fsp3) is 0.235. The van der Waals surface area contributed by atoms with Gasteiger partial charge in [0.2, 0.25) is 0 Å². The number of aryl methyl sites for hydroxylation is 1. The predicted molar refractivity (Wildman–Crippen MR) is 85.6 cm³/mol. The second kappa shape index (κ2) is 6.29. The standard InChI is InChI=1S/C17H17ClN2O/c1-19-15(4-2-12-6-8-20-9-7-12)17-11-13-10-14(18)3-5-16(13)21-17/h3,5-11,15,19H,2,4H2,1H3. The number of rotatable bonds is 5. The number of fused-ring (bicyclic) bond motifs is 1. The summed E-state index contributed by atoms with van der Waals surface area (Å²) in [6, 6.07) is 12.0. The van der Waals surface area contributed by atoms with E-state index in [0.29, 0.717) is 0 Å². The molecule has 0 radical (unpaired) electrons. The Labute approximate surface area is 128 Å². The van der Waals surface area contributed by atoms with Gasteiger partial charge < -0.3 is 9.73 Å². The molecule has 0 bridgehead atoms. The van der Waals surface area contributed by atoms with Crippen molar-refractivity contribution in [3.63, 3.8) is 0 Å². The molecule has 0 aliphatic rings. The number of halogens is 1. The van der Waals surface area contributed by atoms with E-state index in [4.69, 9.17) is 16.0 Å². The van der Waals surface area contributed by atoms with Gasteiger partial charge in [-0.3, -0.25) is 4.98 Å². The minimum Gasteiger partial charge on any atom is -0.459 e. The van der Waals surface area contributed by atoms with Crippen LogP contribution in [0.3, 0.4) is 0 Å². The first-order chi connectivity index (χ1) is 10.3. The number of hydrogen-bond donors (Lipinski definition) is 1. The molecule has 108 valence electrons. The molecule has 1 unspecified atom stereocenters. The molecule has 2 heterocycles. The molecule has 0 aliphatic carbocycles. The SMILES string of the molecule is CNC(CCc1ccncc1)c1cc2cc(Cl)ccc2o1. The average Bonchev–Trinajstić information content (AvgIpc) is 2.92. The zero-order chi connectivity index (χ0) is 14.7. The van der Waals surface area contributed by atoms with Gasteiger partial charge in [-0.05, 0) is 61.9 Å². The van der Waals surface area contributed by atoms with Crippen LogP contribution in [-0.4, -0.2) is 12.0 Å². The molecule has 0 saturated carbocycles. The number of hydrogen-bond acceptors (Lipinski definition) is 3. The van der Waals surface area contributed by atoms with Crippen LogP contribution in [0.15, 0.2) is 53.2 Å². The van der Waals surface area contributed by atoms with E-state index in [0.717, 1.165) is 34.6 Å². The number of aromatic nitrogens is 1. The third kappa shape index (κ3) is 3.26. The van der Waals surface area contributed by atoms with Gasteiger partial charge in [0.05, 0.1) is 6.04 Å². The Morgan fingerprint density at radius 2 is 2.00 bits per heavy atom. The molecule has 2 aromatic heterocycles. The Hall–Kier alpha value is -1.84. The first kappa shape index (κ1) is 14.1. The second-order valence-electron chi connectivity index (χ2n) is 5.07. The third-order valence-electron chi connectivity index (χ3n) is 3.66. The molecule has 3 aromatic rings. The maximum absolute atomic E-state index is 6.02. The van der Waals surface area contributed by atoms with Gasteiger partial charge in [-0.1, -0.05) is 11.6 Å². The van der Waals surface area contributed by atoms with Gasteiger partial charge in [0.25, 0.3) is 0 Å². The van der Waals surface area contributed by atoms with Crippen molar-refractivity contribution in [2.75, 3.05) is 7.05 Å². The van der Waals surface area contributed by atoms with Crippen LogP contribution >= 0.6 is 11.6 Å². The first-order valence-electron chi connectivity index (χ1n) is 7.01. The molecule has 0 spiro atoms. The Kier molecular flexibility index (Phi) is 4.23. The van der Waals surface area contributed by atoms with Crippen LogP contribution in [0.2, 0.25) is 5.02 Å². The van der Waals surface area contributed by atoms with Crippen molar-refractivity contribution in [1.82, 2.24) is 10.3 Å². The van der Waals surface area contributed by atoms with Gasteiger partial charge in [-0.15, -0.1) is 0 Å². The molecular formula is C17H17ClN2O. The van der Waals surface area contributed by atoms with Gasteiger partial charge in [0, 0.05) is 22.8 Å². The normalized spacial score (nSPS) is 12.7. The van der Waals surface area contributed by atoms with Crippen LogP contribution < -0.4 is 5.32 Å². The summed E-state index contributed by atoms with van der Waals surface area (Å²) in [6.45, 7) is 0. The topological polar surface area (TPSA) is 38.1 Å².